The molecule has 3 nitrogen and oxygen atoms in total. The van der Waals surface area contributed by atoms with Gasteiger partial charge in [0.15, 0.2) is 0 Å². The predicted octanol–water partition coefficient (Wildman–Crippen LogP) is 2.22. The highest BCUT2D eigenvalue weighted by molar-refractivity contribution is 5.30. The second-order valence-corrected chi connectivity index (χ2v) is 3.14. The molecule has 1 aromatic heterocycles. The summed E-state index contributed by atoms with van der Waals surface area (Å²) >= 11 is 0. The molecular formula is C10H15NO2. The van der Waals surface area contributed by atoms with Gasteiger partial charge >= 0.3 is 0 Å². The van der Waals surface area contributed by atoms with E-state index in [-0.39, 0.29) is 0 Å². The van der Waals surface area contributed by atoms with E-state index in [2.05, 4.69) is 18.8 Å². The molecule has 0 aliphatic rings. The highest BCUT2D eigenvalue weighted by atomic mass is 16.5. The Labute approximate surface area is 78.7 Å². The van der Waals surface area contributed by atoms with Crippen molar-refractivity contribution in [2.45, 2.75) is 19.8 Å². The van der Waals surface area contributed by atoms with Gasteiger partial charge in [-0.25, -0.2) is 0 Å². The van der Waals surface area contributed by atoms with Gasteiger partial charge in [0.1, 0.15) is 0 Å². The van der Waals surface area contributed by atoms with E-state index in [1.807, 2.05) is 12.1 Å². The van der Waals surface area contributed by atoms with Crippen LogP contribution >= 0.6 is 0 Å². The zero-order chi connectivity index (χ0) is 9.84. The maximum atomic E-state index is 5.06. The maximum Gasteiger partial charge on any atom is 0.216 e. The zero-order valence-electron chi connectivity index (χ0n) is 8.50. The van der Waals surface area contributed by atoms with Crippen LogP contribution in [0, 0.1) is 0 Å². The molecule has 0 aliphatic heterocycles. The van der Waals surface area contributed by atoms with Crippen molar-refractivity contribution in [2.75, 3.05) is 14.2 Å². The number of methoxy groups -OCH3 is 2. The Bertz CT molecular complexity index is 262. The first kappa shape index (κ1) is 9.84. The lowest BCUT2D eigenvalue weighted by atomic mass is 10.1. The van der Waals surface area contributed by atoms with Gasteiger partial charge in [-0.2, -0.15) is 4.98 Å². The average Bonchev–Trinajstić information content (AvgIpc) is 2.16. The smallest absolute Gasteiger partial charge is 0.216 e. The monoisotopic (exact) mass is 181 g/mol. The first-order chi connectivity index (χ1) is 6.17. The molecule has 0 atom stereocenters. The normalized spacial score (nSPS) is 10.2. The fourth-order valence-corrected chi connectivity index (χ4v) is 1.04. The Morgan fingerprint density at radius 3 is 1.85 bits per heavy atom. The number of hydrogen-bond donors (Lipinski definition) is 0. The largest absolute Gasteiger partial charge is 0.481 e. The molecule has 1 aromatic rings. The molecule has 0 spiro atoms. The number of aromatic nitrogens is 1. The van der Waals surface area contributed by atoms with E-state index in [0.29, 0.717) is 17.7 Å². The summed E-state index contributed by atoms with van der Waals surface area (Å²) < 4.78 is 10.1. The first-order valence-corrected chi connectivity index (χ1v) is 4.27. The number of pyridine rings is 1. The van der Waals surface area contributed by atoms with Gasteiger partial charge in [0, 0.05) is 12.1 Å². The lowest BCUT2D eigenvalue weighted by Crippen LogP contribution is -1.96. The van der Waals surface area contributed by atoms with E-state index in [9.17, 15) is 0 Å². The van der Waals surface area contributed by atoms with Crippen molar-refractivity contribution in [3.05, 3.63) is 17.7 Å². The Kier molecular flexibility index (Phi) is 3.12. The third-order valence-electron chi connectivity index (χ3n) is 1.89. The van der Waals surface area contributed by atoms with E-state index in [0.717, 1.165) is 0 Å². The third kappa shape index (κ3) is 2.34. The summed E-state index contributed by atoms with van der Waals surface area (Å²) in [5.41, 5.74) is 1.17. The molecule has 1 rings (SSSR count). The van der Waals surface area contributed by atoms with Gasteiger partial charge in [0.25, 0.3) is 0 Å². The number of hydrogen-bond acceptors (Lipinski definition) is 3. The zero-order valence-corrected chi connectivity index (χ0v) is 8.50. The summed E-state index contributed by atoms with van der Waals surface area (Å²) in [5.74, 6) is 1.65. The van der Waals surface area contributed by atoms with Crippen molar-refractivity contribution in [2.24, 2.45) is 0 Å². The predicted molar refractivity (Wildman–Crippen MR) is 51.4 cm³/mol. The van der Waals surface area contributed by atoms with Gasteiger partial charge in [0.2, 0.25) is 11.8 Å². The quantitative estimate of drug-likeness (QED) is 0.716. The van der Waals surface area contributed by atoms with Crippen LogP contribution in [-0.4, -0.2) is 19.2 Å². The van der Waals surface area contributed by atoms with Crippen molar-refractivity contribution >= 4 is 0 Å². The van der Waals surface area contributed by atoms with Crippen LogP contribution in [0.1, 0.15) is 25.3 Å². The van der Waals surface area contributed by atoms with Crippen LogP contribution in [0.5, 0.6) is 11.8 Å². The molecule has 0 unspecified atom stereocenters. The number of ether oxygens (including phenoxy) is 2. The summed E-state index contributed by atoms with van der Waals surface area (Å²) in [6, 6.07) is 3.85. The minimum Gasteiger partial charge on any atom is -0.481 e. The van der Waals surface area contributed by atoms with E-state index in [4.69, 9.17) is 9.47 Å². The summed E-state index contributed by atoms with van der Waals surface area (Å²) in [6.45, 7) is 4.24. The second-order valence-electron chi connectivity index (χ2n) is 3.14. The minimum atomic E-state index is 0.450. The SMILES string of the molecule is COc1cc(C(C)C)cc(OC)n1. The van der Waals surface area contributed by atoms with Crippen LogP contribution < -0.4 is 9.47 Å². The van der Waals surface area contributed by atoms with Gasteiger partial charge in [-0.3, -0.25) is 0 Å². The van der Waals surface area contributed by atoms with E-state index in [1.54, 1.807) is 14.2 Å². The standard InChI is InChI=1S/C10H15NO2/c1-7(2)8-5-9(12-3)11-10(6-8)13-4/h5-7H,1-4H3. The first-order valence-electron chi connectivity index (χ1n) is 4.27. The Hall–Kier alpha value is -1.25. The van der Waals surface area contributed by atoms with Crippen LogP contribution in [0.3, 0.4) is 0 Å². The van der Waals surface area contributed by atoms with E-state index in [1.165, 1.54) is 5.56 Å². The number of rotatable bonds is 3. The maximum absolute atomic E-state index is 5.06. The fourth-order valence-electron chi connectivity index (χ4n) is 1.04. The topological polar surface area (TPSA) is 31.4 Å². The van der Waals surface area contributed by atoms with Crippen molar-refractivity contribution < 1.29 is 9.47 Å². The molecule has 0 radical (unpaired) electrons. The molecule has 1 heterocycles. The van der Waals surface area contributed by atoms with Gasteiger partial charge in [0.05, 0.1) is 14.2 Å². The van der Waals surface area contributed by atoms with Gasteiger partial charge in [-0.05, 0) is 11.5 Å². The highest BCUT2D eigenvalue weighted by Gasteiger charge is 2.05. The van der Waals surface area contributed by atoms with Gasteiger partial charge < -0.3 is 9.47 Å². The summed E-state index contributed by atoms with van der Waals surface area (Å²) in [4.78, 5) is 4.11. The average molecular weight is 181 g/mol. The van der Waals surface area contributed by atoms with Crippen molar-refractivity contribution in [3.63, 3.8) is 0 Å². The van der Waals surface area contributed by atoms with Crippen molar-refractivity contribution in [1.29, 1.82) is 0 Å². The summed E-state index contributed by atoms with van der Waals surface area (Å²) in [6.07, 6.45) is 0. The molecular weight excluding hydrogens is 166 g/mol. The van der Waals surface area contributed by atoms with Crippen LogP contribution in [0.25, 0.3) is 0 Å². The number of nitrogens with zero attached hydrogens (tertiary/aromatic N) is 1. The van der Waals surface area contributed by atoms with Crippen LogP contribution in [0.2, 0.25) is 0 Å². The molecule has 0 amide bonds. The molecule has 0 N–H and O–H groups in total. The molecule has 72 valence electrons. The second kappa shape index (κ2) is 4.12. The molecule has 0 aromatic carbocycles. The van der Waals surface area contributed by atoms with Crippen molar-refractivity contribution in [1.82, 2.24) is 4.98 Å². The van der Waals surface area contributed by atoms with E-state index < -0.39 is 0 Å². The third-order valence-corrected chi connectivity index (χ3v) is 1.89. The van der Waals surface area contributed by atoms with E-state index >= 15 is 0 Å². The molecule has 0 fully saturated rings. The highest BCUT2D eigenvalue weighted by Crippen LogP contribution is 2.23. The minimum absolute atomic E-state index is 0.450. The Morgan fingerprint density at radius 2 is 1.54 bits per heavy atom. The summed E-state index contributed by atoms with van der Waals surface area (Å²) in [5, 5.41) is 0. The Balaban J connectivity index is 3.07. The lowest BCUT2D eigenvalue weighted by molar-refractivity contribution is 0.363. The van der Waals surface area contributed by atoms with Crippen LogP contribution in [-0.2, 0) is 0 Å². The molecule has 3 heteroatoms. The molecule has 0 bridgehead atoms. The van der Waals surface area contributed by atoms with Gasteiger partial charge in [-0.15, -0.1) is 0 Å². The summed E-state index contributed by atoms with van der Waals surface area (Å²) in [7, 11) is 3.21. The molecule has 0 saturated carbocycles. The fraction of sp³-hybridized carbons (Fsp3) is 0.500. The molecule has 13 heavy (non-hydrogen) atoms. The van der Waals surface area contributed by atoms with Crippen LogP contribution in [0.15, 0.2) is 12.1 Å². The lowest BCUT2D eigenvalue weighted by Gasteiger charge is -2.09. The van der Waals surface area contributed by atoms with Crippen molar-refractivity contribution in [3.8, 4) is 11.8 Å². The van der Waals surface area contributed by atoms with Crippen LogP contribution in [0.4, 0.5) is 0 Å². The molecule has 0 saturated heterocycles. The molecule has 0 aliphatic carbocycles. The van der Waals surface area contributed by atoms with Gasteiger partial charge in [-0.1, -0.05) is 13.8 Å². The Morgan fingerprint density at radius 1 is 1.08 bits per heavy atom.